The molecule has 0 atom stereocenters. The van der Waals surface area contributed by atoms with Crippen molar-refractivity contribution in [1.29, 1.82) is 0 Å². The largest absolute Gasteiger partial charge is 0.476 e. The van der Waals surface area contributed by atoms with Crippen molar-refractivity contribution in [1.82, 2.24) is 19.4 Å². The van der Waals surface area contributed by atoms with Crippen LogP contribution in [0.25, 0.3) is 5.65 Å². The molecule has 0 aromatic carbocycles. The number of carbonyl (C=O) groups is 1. The number of hydrogen-bond donors (Lipinski definition) is 1. The summed E-state index contributed by atoms with van der Waals surface area (Å²) < 4.78 is 1.55. The summed E-state index contributed by atoms with van der Waals surface area (Å²) in [5, 5.41) is 10.3. The van der Waals surface area contributed by atoms with Crippen LogP contribution in [0.2, 0.25) is 0 Å². The summed E-state index contributed by atoms with van der Waals surface area (Å²) in [6.07, 6.45) is 1.68. The van der Waals surface area contributed by atoms with E-state index in [1.54, 1.807) is 22.7 Å². The van der Waals surface area contributed by atoms with Crippen molar-refractivity contribution in [2.24, 2.45) is 0 Å². The Labute approximate surface area is 124 Å². The molecule has 0 spiro atoms. The van der Waals surface area contributed by atoms with Gasteiger partial charge >= 0.3 is 5.97 Å². The van der Waals surface area contributed by atoms with Crippen molar-refractivity contribution < 1.29 is 9.90 Å². The maximum absolute atomic E-state index is 11.5. The van der Waals surface area contributed by atoms with Crippen LogP contribution >= 0.6 is 11.8 Å². The van der Waals surface area contributed by atoms with Crippen LogP contribution in [-0.2, 0) is 0 Å². The molecule has 1 N–H and O–H groups in total. The zero-order valence-electron chi connectivity index (χ0n) is 11.4. The van der Waals surface area contributed by atoms with Gasteiger partial charge in [0.2, 0.25) is 0 Å². The standard InChI is InChI=1S/C14H12N4O2S/c1-8-7-9(2)16-14(15-8)21-12-11(13(19)20)18-6-4-3-5-10(18)17-12/h3-7H,1-2H3,(H,19,20). The van der Waals surface area contributed by atoms with E-state index < -0.39 is 5.97 Å². The van der Waals surface area contributed by atoms with Gasteiger partial charge in [0.15, 0.2) is 10.9 Å². The number of hydrogen-bond acceptors (Lipinski definition) is 5. The molecule has 6 nitrogen and oxygen atoms in total. The third-order valence-electron chi connectivity index (χ3n) is 2.85. The van der Waals surface area contributed by atoms with Crippen LogP contribution in [0, 0.1) is 13.8 Å². The molecule has 3 aromatic rings. The lowest BCUT2D eigenvalue weighted by Crippen LogP contribution is -2.03. The molecular formula is C14H12N4O2S. The van der Waals surface area contributed by atoms with Crippen LogP contribution in [-0.4, -0.2) is 30.4 Å². The molecule has 3 heterocycles. The number of aromatic carboxylic acids is 1. The summed E-state index contributed by atoms with van der Waals surface area (Å²) in [7, 11) is 0. The number of rotatable bonds is 3. The molecule has 3 aromatic heterocycles. The van der Waals surface area contributed by atoms with Gasteiger partial charge in [0, 0.05) is 17.6 Å². The van der Waals surface area contributed by atoms with Crippen LogP contribution < -0.4 is 0 Å². The second-order valence-electron chi connectivity index (χ2n) is 4.53. The number of carboxylic acid groups (broad SMARTS) is 1. The fourth-order valence-corrected chi connectivity index (χ4v) is 3.04. The quantitative estimate of drug-likeness (QED) is 0.749. The fourth-order valence-electron chi connectivity index (χ4n) is 2.07. The zero-order valence-corrected chi connectivity index (χ0v) is 12.3. The molecule has 0 radical (unpaired) electrons. The van der Waals surface area contributed by atoms with E-state index in [-0.39, 0.29) is 5.69 Å². The molecule has 106 valence electrons. The summed E-state index contributed by atoms with van der Waals surface area (Å²) >= 11 is 1.16. The molecule has 7 heteroatoms. The molecule has 0 aliphatic rings. The van der Waals surface area contributed by atoms with Crippen LogP contribution in [0.5, 0.6) is 0 Å². The number of aromatic nitrogens is 4. The Morgan fingerprint density at radius 3 is 2.57 bits per heavy atom. The fraction of sp³-hybridized carbons (Fsp3) is 0.143. The predicted molar refractivity (Wildman–Crippen MR) is 77.8 cm³/mol. The Morgan fingerprint density at radius 1 is 1.19 bits per heavy atom. The summed E-state index contributed by atoms with van der Waals surface area (Å²) in [6.45, 7) is 3.75. The van der Waals surface area contributed by atoms with Gasteiger partial charge in [-0.25, -0.2) is 19.7 Å². The van der Waals surface area contributed by atoms with Crippen molar-refractivity contribution in [2.45, 2.75) is 24.0 Å². The minimum Gasteiger partial charge on any atom is -0.476 e. The van der Waals surface area contributed by atoms with Crippen LogP contribution in [0.15, 0.2) is 40.6 Å². The van der Waals surface area contributed by atoms with Crippen molar-refractivity contribution >= 4 is 23.4 Å². The molecule has 21 heavy (non-hydrogen) atoms. The molecule has 0 aliphatic heterocycles. The Morgan fingerprint density at radius 2 is 1.90 bits per heavy atom. The van der Waals surface area contributed by atoms with E-state index in [2.05, 4.69) is 15.0 Å². The van der Waals surface area contributed by atoms with Crippen molar-refractivity contribution in [3.8, 4) is 0 Å². The first-order chi connectivity index (χ1) is 10.0. The topological polar surface area (TPSA) is 80.4 Å². The summed E-state index contributed by atoms with van der Waals surface area (Å²) in [4.78, 5) is 24.5. The van der Waals surface area contributed by atoms with Gasteiger partial charge in [-0.3, -0.25) is 4.40 Å². The van der Waals surface area contributed by atoms with Crippen LogP contribution in [0.3, 0.4) is 0 Å². The average Bonchev–Trinajstić information content (AvgIpc) is 2.75. The molecular weight excluding hydrogens is 288 g/mol. The average molecular weight is 300 g/mol. The zero-order chi connectivity index (χ0) is 15.0. The van der Waals surface area contributed by atoms with Gasteiger partial charge in [-0.2, -0.15) is 0 Å². The smallest absolute Gasteiger partial charge is 0.355 e. The number of carboxylic acids is 1. The number of fused-ring (bicyclic) bond motifs is 1. The molecule has 3 rings (SSSR count). The molecule has 0 saturated heterocycles. The van der Waals surface area contributed by atoms with E-state index >= 15 is 0 Å². The summed E-state index contributed by atoms with van der Waals surface area (Å²) in [5.41, 5.74) is 2.39. The van der Waals surface area contributed by atoms with Gasteiger partial charge in [0.25, 0.3) is 0 Å². The summed E-state index contributed by atoms with van der Waals surface area (Å²) in [6, 6.07) is 7.21. The number of aryl methyl sites for hydroxylation is 2. The Kier molecular flexibility index (Phi) is 3.34. The number of nitrogens with zero attached hydrogens (tertiary/aromatic N) is 4. The summed E-state index contributed by atoms with van der Waals surface area (Å²) in [5.74, 6) is -1.03. The minimum atomic E-state index is -1.03. The van der Waals surface area contributed by atoms with Crippen molar-refractivity contribution in [3.63, 3.8) is 0 Å². The number of pyridine rings is 1. The lowest BCUT2D eigenvalue weighted by atomic mass is 10.4. The molecule has 0 unspecified atom stereocenters. The molecule has 0 aliphatic carbocycles. The van der Waals surface area contributed by atoms with E-state index in [0.29, 0.717) is 15.8 Å². The monoisotopic (exact) mass is 300 g/mol. The van der Waals surface area contributed by atoms with E-state index in [9.17, 15) is 9.90 Å². The van der Waals surface area contributed by atoms with Crippen LogP contribution in [0.1, 0.15) is 21.9 Å². The Bertz CT molecular complexity index is 824. The van der Waals surface area contributed by atoms with E-state index in [1.807, 2.05) is 26.0 Å². The number of imidazole rings is 1. The van der Waals surface area contributed by atoms with Crippen molar-refractivity contribution in [3.05, 3.63) is 47.5 Å². The second kappa shape index (κ2) is 5.17. The third kappa shape index (κ3) is 2.59. The Hall–Kier alpha value is -2.41. The van der Waals surface area contributed by atoms with E-state index in [4.69, 9.17) is 0 Å². The normalized spacial score (nSPS) is 11.0. The molecule has 0 bridgehead atoms. The maximum Gasteiger partial charge on any atom is 0.355 e. The molecule has 0 fully saturated rings. The third-order valence-corrected chi connectivity index (χ3v) is 3.69. The van der Waals surface area contributed by atoms with Gasteiger partial charge in [0.1, 0.15) is 10.7 Å². The van der Waals surface area contributed by atoms with Gasteiger partial charge in [-0.15, -0.1) is 0 Å². The minimum absolute atomic E-state index is 0.123. The first-order valence-electron chi connectivity index (χ1n) is 6.25. The highest BCUT2D eigenvalue weighted by atomic mass is 32.2. The maximum atomic E-state index is 11.5. The van der Waals surface area contributed by atoms with E-state index in [1.165, 1.54) is 0 Å². The van der Waals surface area contributed by atoms with E-state index in [0.717, 1.165) is 23.1 Å². The highest BCUT2D eigenvalue weighted by Crippen LogP contribution is 2.28. The van der Waals surface area contributed by atoms with Gasteiger partial charge in [0.05, 0.1) is 0 Å². The van der Waals surface area contributed by atoms with Gasteiger partial charge in [-0.1, -0.05) is 6.07 Å². The highest BCUT2D eigenvalue weighted by molar-refractivity contribution is 7.99. The van der Waals surface area contributed by atoms with Gasteiger partial charge in [-0.05, 0) is 43.8 Å². The lowest BCUT2D eigenvalue weighted by Gasteiger charge is -2.02. The molecule has 0 saturated carbocycles. The lowest BCUT2D eigenvalue weighted by molar-refractivity contribution is 0.0685. The SMILES string of the molecule is Cc1cc(C)nc(Sc2nc3ccccn3c2C(=O)O)n1. The first-order valence-corrected chi connectivity index (χ1v) is 7.07. The van der Waals surface area contributed by atoms with Gasteiger partial charge < -0.3 is 5.11 Å². The highest BCUT2D eigenvalue weighted by Gasteiger charge is 2.20. The Balaban J connectivity index is 2.11. The van der Waals surface area contributed by atoms with Crippen molar-refractivity contribution in [2.75, 3.05) is 0 Å². The predicted octanol–water partition coefficient (Wildman–Crippen LogP) is 2.59. The van der Waals surface area contributed by atoms with Crippen LogP contribution in [0.4, 0.5) is 0 Å². The first kappa shape index (κ1) is 13.6. The molecule has 0 amide bonds. The second-order valence-corrected chi connectivity index (χ2v) is 5.49.